The summed E-state index contributed by atoms with van der Waals surface area (Å²) in [6.07, 6.45) is 7.06. The van der Waals surface area contributed by atoms with E-state index in [1.165, 1.54) is 23.1 Å². The van der Waals surface area contributed by atoms with E-state index >= 15 is 0 Å². The normalized spacial score (nSPS) is 14.8. The fraction of sp³-hybridized carbons (Fsp3) is 0.560. The zero-order valence-electron chi connectivity index (χ0n) is 21.1. The van der Waals surface area contributed by atoms with Gasteiger partial charge in [-0.25, -0.2) is 0 Å². The van der Waals surface area contributed by atoms with Crippen LogP contribution >= 0.6 is 0 Å². The van der Waals surface area contributed by atoms with Crippen LogP contribution in [0.4, 0.5) is 0 Å². The molecule has 2 rings (SSSR count). The van der Waals surface area contributed by atoms with Crippen LogP contribution in [0.5, 0.6) is 0 Å². The van der Waals surface area contributed by atoms with Crippen molar-refractivity contribution in [3.63, 3.8) is 0 Å². The number of ether oxygens (including phenoxy) is 3. The first-order valence-electron chi connectivity index (χ1n) is 12.4. The molecule has 2 heterocycles. The maximum atomic E-state index is 11.8. The molecule has 5 amide bonds. The maximum Gasteiger partial charge on any atom is 0.253 e. The number of hydrogen-bond acceptors (Lipinski definition) is 8. The highest BCUT2D eigenvalue weighted by Crippen LogP contribution is 2.12. The fourth-order valence-corrected chi connectivity index (χ4v) is 3.34. The van der Waals surface area contributed by atoms with Crippen LogP contribution in [-0.4, -0.2) is 105 Å². The monoisotopic (exact) mass is 520 g/mol. The number of allylic oxidation sites excluding steroid dienone is 1. The van der Waals surface area contributed by atoms with Crippen LogP contribution in [0.3, 0.4) is 0 Å². The van der Waals surface area contributed by atoms with E-state index in [1.54, 1.807) is 6.08 Å². The first kappa shape index (κ1) is 29.9. The average molecular weight is 521 g/mol. The molecule has 12 nitrogen and oxygen atoms in total. The molecule has 0 aliphatic carbocycles. The van der Waals surface area contributed by atoms with Crippen molar-refractivity contribution in [1.82, 2.24) is 20.4 Å². The van der Waals surface area contributed by atoms with Crippen LogP contribution in [-0.2, 0) is 38.2 Å². The standard InChI is InChI=1S/C25H36N4O8/c1-20-4-5-23(32)28(20)12-8-21(30)26-10-2-14-35-16-18-37-19-17-36-15-3-11-27-22(31)9-13-29-24(33)6-7-25(29)34/h4-7H,1-3,8-19H2,(H,26,30)(H,27,31). The Labute approximate surface area is 216 Å². The Balaban J connectivity index is 1.28. The van der Waals surface area contributed by atoms with Gasteiger partial charge in [-0.3, -0.25) is 28.9 Å². The molecule has 204 valence electrons. The van der Waals surface area contributed by atoms with E-state index in [0.717, 1.165) is 4.90 Å². The molecule has 2 aliphatic rings. The van der Waals surface area contributed by atoms with E-state index in [9.17, 15) is 24.0 Å². The Kier molecular flexibility index (Phi) is 13.9. The van der Waals surface area contributed by atoms with Gasteiger partial charge >= 0.3 is 0 Å². The highest BCUT2D eigenvalue weighted by molar-refractivity contribution is 6.13. The fourth-order valence-electron chi connectivity index (χ4n) is 3.34. The van der Waals surface area contributed by atoms with Gasteiger partial charge in [0.1, 0.15) is 0 Å². The van der Waals surface area contributed by atoms with Gasteiger partial charge in [-0.15, -0.1) is 0 Å². The summed E-state index contributed by atoms with van der Waals surface area (Å²) in [5.74, 6) is -1.28. The van der Waals surface area contributed by atoms with Gasteiger partial charge in [-0.2, -0.15) is 0 Å². The van der Waals surface area contributed by atoms with Crippen molar-refractivity contribution in [2.75, 3.05) is 65.8 Å². The highest BCUT2D eigenvalue weighted by atomic mass is 16.5. The molecule has 0 aromatic rings. The van der Waals surface area contributed by atoms with E-state index in [0.29, 0.717) is 77.8 Å². The molecule has 0 aromatic heterocycles. The lowest BCUT2D eigenvalue weighted by Crippen LogP contribution is -2.35. The molecular weight excluding hydrogens is 484 g/mol. The number of nitrogens with zero attached hydrogens (tertiary/aromatic N) is 2. The van der Waals surface area contributed by atoms with Gasteiger partial charge in [0.2, 0.25) is 11.8 Å². The van der Waals surface area contributed by atoms with Crippen LogP contribution < -0.4 is 10.6 Å². The minimum absolute atomic E-state index is 0.0709. The van der Waals surface area contributed by atoms with Crippen molar-refractivity contribution in [2.24, 2.45) is 0 Å². The van der Waals surface area contributed by atoms with E-state index in [4.69, 9.17) is 14.2 Å². The Morgan fingerprint density at radius 2 is 1.05 bits per heavy atom. The molecule has 0 radical (unpaired) electrons. The number of rotatable bonds is 20. The van der Waals surface area contributed by atoms with Gasteiger partial charge in [0.05, 0.1) is 26.4 Å². The predicted molar refractivity (Wildman–Crippen MR) is 133 cm³/mol. The lowest BCUT2D eigenvalue weighted by molar-refractivity contribution is -0.137. The molecule has 2 N–H and O–H groups in total. The summed E-state index contributed by atoms with van der Waals surface area (Å²) in [6.45, 7) is 7.79. The third kappa shape index (κ3) is 12.0. The first-order valence-corrected chi connectivity index (χ1v) is 12.4. The molecule has 0 atom stereocenters. The lowest BCUT2D eigenvalue weighted by Gasteiger charge is -2.16. The molecule has 37 heavy (non-hydrogen) atoms. The van der Waals surface area contributed by atoms with Gasteiger partial charge in [0.15, 0.2) is 0 Å². The first-order chi connectivity index (χ1) is 17.9. The second kappa shape index (κ2) is 17.2. The third-order valence-electron chi connectivity index (χ3n) is 5.38. The summed E-state index contributed by atoms with van der Waals surface area (Å²) >= 11 is 0. The van der Waals surface area contributed by atoms with E-state index in [1.807, 2.05) is 0 Å². The smallest absolute Gasteiger partial charge is 0.253 e. The van der Waals surface area contributed by atoms with Crippen LogP contribution in [0, 0.1) is 0 Å². The third-order valence-corrected chi connectivity index (χ3v) is 5.38. The van der Waals surface area contributed by atoms with Crippen molar-refractivity contribution in [1.29, 1.82) is 0 Å². The second-order valence-corrected chi connectivity index (χ2v) is 8.22. The van der Waals surface area contributed by atoms with E-state index in [2.05, 4.69) is 17.2 Å². The topological polar surface area (TPSA) is 144 Å². The Morgan fingerprint density at radius 3 is 1.51 bits per heavy atom. The van der Waals surface area contributed by atoms with Gasteiger partial charge in [-0.05, 0) is 18.9 Å². The lowest BCUT2D eigenvalue weighted by atomic mass is 10.3. The van der Waals surface area contributed by atoms with Crippen molar-refractivity contribution in [3.8, 4) is 0 Å². The van der Waals surface area contributed by atoms with Gasteiger partial charge in [-0.1, -0.05) is 6.58 Å². The molecule has 0 saturated carbocycles. The number of hydrogen-bond donors (Lipinski definition) is 2. The van der Waals surface area contributed by atoms with Gasteiger partial charge < -0.3 is 29.7 Å². The minimum atomic E-state index is -0.393. The molecule has 0 unspecified atom stereocenters. The summed E-state index contributed by atoms with van der Waals surface area (Å²) < 4.78 is 16.3. The largest absolute Gasteiger partial charge is 0.379 e. The number of amides is 5. The number of carbonyl (C=O) groups is 5. The molecule has 0 spiro atoms. The number of carbonyl (C=O) groups excluding carboxylic acids is 5. The van der Waals surface area contributed by atoms with Crippen molar-refractivity contribution >= 4 is 29.5 Å². The second-order valence-electron chi connectivity index (χ2n) is 8.22. The minimum Gasteiger partial charge on any atom is -0.379 e. The Bertz CT molecular complexity index is 780. The Hall–Kier alpha value is -3.35. The van der Waals surface area contributed by atoms with Crippen molar-refractivity contribution in [3.05, 3.63) is 36.6 Å². The zero-order valence-corrected chi connectivity index (χ0v) is 21.1. The van der Waals surface area contributed by atoms with Crippen LogP contribution in [0.1, 0.15) is 25.7 Å². The number of imide groups is 1. The maximum absolute atomic E-state index is 11.8. The van der Waals surface area contributed by atoms with E-state index in [-0.39, 0.29) is 37.1 Å². The molecule has 0 fully saturated rings. The summed E-state index contributed by atoms with van der Waals surface area (Å²) in [7, 11) is 0. The molecule has 0 saturated heterocycles. The van der Waals surface area contributed by atoms with E-state index < -0.39 is 11.8 Å². The summed E-state index contributed by atoms with van der Waals surface area (Å²) in [4.78, 5) is 60.5. The molecule has 0 aromatic carbocycles. The quantitative estimate of drug-likeness (QED) is 0.164. The number of nitrogens with one attached hydrogen (secondary N) is 2. The van der Waals surface area contributed by atoms with Crippen LogP contribution in [0.15, 0.2) is 36.6 Å². The van der Waals surface area contributed by atoms with Gasteiger partial charge in [0, 0.05) is 76.2 Å². The van der Waals surface area contributed by atoms with Crippen LogP contribution in [0.25, 0.3) is 0 Å². The summed E-state index contributed by atoms with van der Waals surface area (Å²) in [6, 6.07) is 0. The summed E-state index contributed by atoms with van der Waals surface area (Å²) in [5.41, 5.74) is 0.602. The average Bonchev–Trinajstić information content (AvgIpc) is 3.37. The SMILES string of the molecule is C=C1C=CC(=O)N1CCC(=O)NCCCOCCOCCOCCCNC(=O)CCN1C(=O)C=CC1=O. The van der Waals surface area contributed by atoms with Crippen molar-refractivity contribution < 1.29 is 38.2 Å². The summed E-state index contributed by atoms with van der Waals surface area (Å²) in [5, 5.41) is 5.52. The Morgan fingerprint density at radius 1 is 0.649 bits per heavy atom. The van der Waals surface area contributed by atoms with Crippen molar-refractivity contribution in [2.45, 2.75) is 25.7 Å². The van der Waals surface area contributed by atoms with Gasteiger partial charge in [0.25, 0.3) is 17.7 Å². The molecular formula is C25H36N4O8. The molecule has 0 bridgehead atoms. The molecule has 12 heteroatoms. The van der Waals surface area contributed by atoms with Crippen LogP contribution in [0.2, 0.25) is 0 Å². The zero-order chi connectivity index (χ0) is 26.9. The predicted octanol–water partition coefficient (Wildman–Crippen LogP) is -0.334. The molecule has 2 aliphatic heterocycles. The highest BCUT2D eigenvalue weighted by Gasteiger charge is 2.23.